The number of carbonyl (C=O) groups is 3. The number of thioether (sulfide) groups is 1. The van der Waals surface area contributed by atoms with Crippen LogP contribution < -0.4 is 5.32 Å². The number of benzene rings is 2. The number of carbonyl (C=O) groups excluding carboxylic acids is 1. The molecule has 0 aliphatic carbocycles. The number of hydrogen-bond acceptors (Lipinski definition) is 5. The molecule has 1 amide bonds. The number of aromatic carboxylic acids is 2. The number of hydrogen-bond donors (Lipinski definition) is 3. The van der Waals surface area contributed by atoms with E-state index in [1.54, 1.807) is 6.08 Å². The maximum atomic E-state index is 13.0. The van der Waals surface area contributed by atoms with E-state index in [4.69, 9.17) is 10.2 Å². The van der Waals surface area contributed by atoms with Crippen molar-refractivity contribution in [1.29, 1.82) is 0 Å². The first-order chi connectivity index (χ1) is 12.8. The molecule has 2 aromatic carbocycles. The highest BCUT2D eigenvalue weighted by atomic mass is 32.2. The first-order valence-corrected chi connectivity index (χ1v) is 8.30. The second-order valence-electron chi connectivity index (χ2n) is 5.41. The molecule has 0 aromatic heterocycles. The van der Waals surface area contributed by atoms with Crippen LogP contribution in [0.15, 0.2) is 52.4 Å². The van der Waals surface area contributed by atoms with Crippen molar-refractivity contribution < 1.29 is 29.0 Å². The molecule has 3 rings (SSSR count). The SMILES string of the molecule is O=C1NC(=Nc2cc(C(=O)O)cc(C(=O)O)c2)S/C1=C\c1ccc(F)cc1. The zero-order valence-electron chi connectivity index (χ0n) is 13.5. The van der Waals surface area contributed by atoms with E-state index in [0.717, 1.165) is 17.8 Å². The number of aliphatic imine (C=N–C) groups is 1. The van der Waals surface area contributed by atoms with Crippen molar-refractivity contribution in [1.82, 2.24) is 5.32 Å². The van der Waals surface area contributed by atoms with E-state index in [2.05, 4.69) is 10.3 Å². The average molecular weight is 386 g/mol. The van der Waals surface area contributed by atoms with E-state index in [-0.39, 0.29) is 22.0 Å². The molecular formula is C18H11FN2O5S. The van der Waals surface area contributed by atoms with Gasteiger partial charge in [0.2, 0.25) is 0 Å². The van der Waals surface area contributed by atoms with Gasteiger partial charge in [0.1, 0.15) is 5.82 Å². The summed E-state index contributed by atoms with van der Waals surface area (Å²) in [7, 11) is 0. The van der Waals surface area contributed by atoms with Crippen molar-refractivity contribution in [2.75, 3.05) is 0 Å². The smallest absolute Gasteiger partial charge is 0.335 e. The van der Waals surface area contributed by atoms with Gasteiger partial charge in [-0.05, 0) is 53.7 Å². The van der Waals surface area contributed by atoms with Crippen LogP contribution in [-0.4, -0.2) is 33.2 Å². The van der Waals surface area contributed by atoms with Gasteiger partial charge in [-0.25, -0.2) is 19.0 Å². The molecule has 1 heterocycles. The van der Waals surface area contributed by atoms with Crippen molar-refractivity contribution in [3.05, 3.63) is 69.9 Å². The van der Waals surface area contributed by atoms with Crippen LogP contribution in [0.2, 0.25) is 0 Å². The van der Waals surface area contributed by atoms with E-state index < -0.39 is 23.7 Å². The number of rotatable bonds is 4. The van der Waals surface area contributed by atoms with Crippen LogP contribution in [-0.2, 0) is 4.79 Å². The molecule has 0 radical (unpaired) electrons. The molecule has 7 nitrogen and oxygen atoms in total. The fourth-order valence-electron chi connectivity index (χ4n) is 2.23. The molecule has 3 N–H and O–H groups in total. The lowest BCUT2D eigenvalue weighted by Gasteiger charge is -2.02. The Morgan fingerprint density at radius 1 is 1.04 bits per heavy atom. The van der Waals surface area contributed by atoms with Crippen LogP contribution >= 0.6 is 11.8 Å². The number of carboxylic acid groups (broad SMARTS) is 2. The van der Waals surface area contributed by atoms with Crippen LogP contribution in [0.4, 0.5) is 10.1 Å². The van der Waals surface area contributed by atoms with Crippen LogP contribution in [0.3, 0.4) is 0 Å². The summed E-state index contributed by atoms with van der Waals surface area (Å²) in [6, 6.07) is 9.00. The lowest BCUT2D eigenvalue weighted by molar-refractivity contribution is -0.115. The van der Waals surface area contributed by atoms with Gasteiger partial charge in [0, 0.05) is 0 Å². The van der Waals surface area contributed by atoms with Gasteiger partial charge < -0.3 is 15.5 Å². The summed E-state index contributed by atoms with van der Waals surface area (Å²) in [5, 5.41) is 20.9. The molecule has 1 aliphatic rings. The number of amidine groups is 1. The Balaban J connectivity index is 1.90. The topological polar surface area (TPSA) is 116 Å². The van der Waals surface area contributed by atoms with Crippen molar-refractivity contribution >= 4 is 46.5 Å². The van der Waals surface area contributed by atoms with E-state index in [1.165, 1.54) is 36.4 Å². The maximum absolute atomic E-state index is 13.0. The number of halogens is 1. The summed E-state index contributed by atoms with van der Waals surface area (Å²) < 4.78 is 13.0. The zero-order chi connectivity index (χ0) is 19.6. The van der Waals surface area contributed by atoms with Crippen LogP contribution in [0.1, 0.15) is 26.3 Å². The highest BCUT2D eigenvalue weighted by molar-refractivity contribution is 8.18. The fraction of sp³-hybridized carbons (Fsp3) is 0. The van der Waals surface area contributed by atoms with Gasteiger partial charge >= 0.3 is 11.9 Å². The summed E-state index contributed by atoms with van der Waals surface area (Å²) in [5.41, 5.74) is 0.241. The lowest BCUT2D eigenvalue weighted by atomic mass is 10.1. The van der Waals surface area contributed by atoms with Crippen molar-refractivity contribution in [3.63, 3.8) is 0 Å². The molecular weight excluding hydrogens is 375 g/mol. The Labute approximate surface area is 156 Å². The summed E-state index contributed by atoms with van der Waals surface area (Å²) in [6.45, 7) is 0. The molecule has 1 aliphatic heterocycles. The number of amides is 1. The third-order valence-corrected chi connectivity index (χ3v) is 4.37. The molecule has 1 saturated heterocycles. The van der Waals surface area contributed by atoms with Crippen molar-refractivity contribution in [2.45, 2.75) is 0 Å². The lowest BCUT2D eigenvalue weighted by Crippen LogP contribution is -2.19. The monoisotopic (exact) mass is 386 g/mol. The Morgan fingerprint density at radius 3 is 2.19 bits per heavy atom. The predicted octanol–water partition coefficient (Wildman–Crippen LogP) is 3.11. The molecule has 27 heavy (non-hydrogen) atoms. The van der Waals surface area contributed by atoms with Gasteiger partial charge in [0.05, 0.1) is 21.7 Å². The van der Waals surface area contributed by atoms with Gasteiger partial charge in [0.25, 0.3) is 5.91 Å². The average Bonchev–Trinajstić information content (AvgIpc) is 2.95. The number of nitrogens with one attached hydrogen (secondary N) is 1. The number of carboxylic acids is 2. The van der Waals surface area contributed by atoms with Gasteiger partial charge in [-0.1, -0.05) is 12.1 Å². The summed E-state index contributed by atoms with van der Waals surface area (Å²) in [4.78, 5) is 38.8. The quantitative estimate of drug-likeness (QED) is 0.696. The Morgan fingerprint density at radius 2 is 1.63 bits per heavy atom. The Hall–Kier alpha value is -3.46. The van der Waals surface area contributed by atoms with E-state index in [1.807, 2.05) is 0 Å². The molecule has 0 saturated carbocycles. The molecule has 0 spiro atoms. The van der Waals surface area contributed by atoms with Gasteiger partial charge in [-0.2, -0.15) is 0 Å². The molecule has 0 atom stereocenters. The molecule has 9 heteroatoms. The Bertz CT molecular complexity index is 983. The maximum Gasteiger partial charge on any atom is 0.335 e. The molecule has 1 fully saturated rings. The van der Waals surface area contributed by atoms with Gasteiger partial charge in [-0.3, -0.25) is 4.79 Å². The first-order valence-electron chi connectivity index (χ1n) is 7.48. The first kappa shape index (κ1) is 18.3. The minimum absolute atomic E-state index is 0.0816. The van der Waals surface area contributed by atoms with E-state index in [0.29, 0.717) is 10.5 Å². The van der Waals surface area contributed by atoms with Crippen LogP contribution in [0.25, 0.3) is 6.08 Å². The highest BCUT2D eigenvalue weighted by Gasteiger charge is 2.24. The predicted molar refractivity (Wildman–Crippen MR) is 97.6 cm³/mol. The summed E-state index contributed by atoms with van der Waals surface area (Å²) >= 11 is 1.00. The van der Waals surface area contributed by atoms with E-state index >= 15 is 0 Å². The third kappa shape index (κ3) is 4.39. The van der Waals surface area contributed by atoms with Crippen molar-refractivity contribution in [3.8, 4) is 0 Å². The van der Waals surface area contributed by atoms with Crippen molar-refractivity contribution in [2.24, 2.45) is 4.99 Å². The van der Waals surface area contributed by atoms with Crippen LogP contribution in [0, 0.1) is 5.82 Å². The summed E-state index contributed by atoms with van der Waals surface area (Å²) in [6.07, 6.45) is 1.55. The second-order valence-corrected chi connectivity index (χ2v) is 6.44. The molecule has 0 bridgehead atoms. The van der Waals surface area contributed by atoms with E-state index in [9.17, 15) is 18.8 Å². The highest BCUT2D eigenvalue weighted by Crippen LogP contribution is 2.29. The largest absolute Gasteiger partial charge is 0.478 e. The third-order valence-electron chi connectivity index (χ3n) is 3.46. The van der Waals surface area contributed by atoms with Gasteiger partial charge in [0.15, 0.2) is 5.17 Å². The fourth-order valence-corrected chi connectivity index (χ4v) is 3.07. The minimum Gasteiger partial charge on any atom is -0.478 e. The van der Waals surface area contributed by atoms with Crippen LogP contribution in [0.5, 0.6) is 0 Å². The normalized spacial score (nSPS) is 16.6. The molecule has 0 unspecified atom stereocenters. The standard InChI is InChI=1S/C18H11FN2O5S/c19-12-3-1-9(2-4-12)5-14-15(22)21-18(27-14)20-13-7-10(16(23)24)6-11(8-13)17(25)26/h1-8H,(H,23,24)(H,25,26)(H,20,21,22)/b14-5-. The summed E-state index contributed by atoms with van der Waals surface area (Å²) in [5.74, 6) is -3.40. The molecule has 136 valence electrons. The Kier molecular flexibility index (Phi) is 5.04. The molecule has 2 aromatic rings. The number of nitrogens with zero attached hydrogens (tertiary/aromatic N) is 1. The van der Waals surface area contributed by atoms with Gasteiger partial charge in [-0.15, -0.1) is 0 Å². The minimum atomic E-state index is -1.29. The zero-order valence-corrected chi connectivity index (χ0v) is 14.3. The second kappa shape index (κ2) is 7.42.